The molecule has 4 heteroatoms. The van der Waals surface area contributed by atoms with Gasteiger partial charge in [0.15, 0.2) is 0 Å². The minimum Gasteiger partial charge on any atom is -0.207 e. The van der Waals surface area contributed by atoms with E-state index in [9.17, 15) is 8.78 Å². The van der Waals surface area contributed by atoms with Gasteiger partial charge in [-0.3, -0.25) is 0 Å². The predicted octanol–water partition coefficient (Wildman–Crippen LogP) is 5.18. The highest BCUT2D eigenvalue weighted by molar-refractivity contribution is 6.30. The zero-order valence-electron chi connectivity index (χ0n) is 10.0. The fourth-order valence-electron chi connectivity index (χ4n) is 2.03. The number of alkyl halides is 1. The zero-order valence-corrected chi connectivity index (χ0v) is 11.6. The van der Waals surface area contributed by atoms with E-state index in [1.165, 1.54) is 12.1 Å². The zero-order chi connectivity index (χ0) is 13.8. The molecular weight excluding hydrogens is 289 g/mol. The van der Waals surface area contributed by atoms with Crippen molar-refractivity contribution in [3.63, 3.8) is 0 Å². The van der Waals surface area contributed by atoms with Gasteiger partial charge < -0.3 is 0 Å². The molecule has 2 aromatic carbocycles. The van der Waals surface area contributed by atoms with Crippen LogP contribution in [-0.2, 0) is 6.42 Å². The average molecular weight is 301 g/mol. The van der Waals surface area contributed by atoms with Crippen molar-refractivity contribution < 1.29 is 8.78 Å². The first kappa shape index (κ1) is 14.3. The molecule has 0 aromatic heterocycles. The molecule has 0 nitrogen and oxygen atoms in total. The summed E-state index contributed by atoms with van der Waals surface area (Å²) in [6, 6.07) is 11.2. The van der Waals surface area contributed by atoms with Crippen LogP contribution in [0.2, 0.25) is 5.02 Å². The van der Waals surface area contributed by atoms with Crippen molar-refractivity contribution in [1.29, 1.82) is 0 Å². The van der Waals surface area contributed by atoms with Crippen LogP contribution in [0.1, 0.15) is 17.0 Å². The van der Waals surface area contributed by atoms with E-state index >= 15 is 0 Å². The Hall–Kier alpha value is -1.12. The standard InChI is InChI=1S/C15H12Cl2F2/c16-9-11(12-5-1-2-7-14(12)18)8-10-4-3-6-13(17)15(10)19/h1-7,11H,8-9H2. The van der Waals surface area contributed by atoms with E-state index < -0.39 is 5.82 Å². The Morgan fingerprint density at radius 3 is 2.42 bits per heavy atom. The van der Waals surface area contributed by atoms with Crippen LogP contribution in [0.15, 0.2) is 42.5 Å². The third-order valence-electron chi connectivity index (χ3n) is 3.03. The van der Waals surface area contributed by atoms with E-state index in [1.807, 2.05) is 0 Å². The normalized spacial score (nSPS) is 12.4. The second-order valence-corrected chi connectivity index (χ2v) is 5.01. The number of hydrogen-bond donors (Lipinski definition) is 0. The first-order valence-corrected chi connectivity index (χ1v) is 6.78. The minimum absolute atomic E-state index is 0.0688. The van der Waals surface area contributed by atoms with Crippen LogP contribution in [0.25, 0.3) is 0 Å². The van der Waals surface area contributed by atoms with E-state index in [-0.39, 0.29) is 22.6 Å². The quantitative estimate of drug-likeness (QED) is 0.682. The van der Waals surface area contributed by atoms with Crippen LogP contribution in [0, 0.1) is 11.6 Å². The summed E-state index contributed by atoms with van der Waals surface area (Å²) in [5, 5.41) is 0.0688. The van der Waals surface area contributed by atoms with Crippen molar-refractivity contribution in [1.82, 2.24) is 0 Å². The van der Waals surface area contributed by atoms with Crippen molar-refractivity contribution in [2.75, 3.05) is 5.88 Å². The van der Waals surface area contributed by atoms with Gasteiger partial charge in [0.25, 0.3) is 0 Å². The summed E-state index contributed by atoms with van der Waals surface area (Å²) in [5.74, 6) is -0.852. The predicted molar refractivity (Wildman–Crippen MR) is 75.0 cm³/mol. The Bertz CT molecular complexity index is 570. The smallest absolute Gasteiger partial charge is 0.144 e. The van der Waals surface area contributed by atoms with Crippen molar-refractivity contribution >= 4 is 23.2 Å². The average Bonchev–Trinajstić information content (AvgIpc) is 2.41. The molecule has 1 unspecified atom stereocenters. The molecule has 0 amide bonds. The Morgan fingerprint density at radius 1 is 1.00 bits per heavy atom. The van der Waals surface area contributed by atoms with Crippen LogP contribution in [0.5, 0.6) is 0 Å². The SMILES string of the molecule is Fc1ccccc1C(CCl)Cc1cccc(Cl)c1F. The number of benzene rings is 2. The van der Waals surface area contributed by atoms with Gasteiger partial charge in [-0.25, -0.2) is 8.78 Å². The monoisotopic (exact) mass is 300 g/mol. The molecule has 19 heavy (non-hydrogen) atoms. The molecule has 0 heterocycles. The van der Waals surface area contributed by atoms with Crippen LogP contribution >= 0.6 is 23.2 Å². The summed E-state index contributed by atoms with van der Waals surface area (Å²) >= 11 is 11.6. The van der Waals surface area contributed by atoms with Gasteiger partial charge in [-0.2, -0.15) is 0 Å². The highest BCUT2D eigenvalue weighted by Gasteiger charge is 2.17. The Morgan fingerprint density at radius 2 is 1.74 bits per heavy atom. The lowest BCUT2D eigenvalue weighted by molar-refractivity contribution is 0.573. The Balaban J connectivity index is 2.30. The largest absolute Gasteiger partial charge is 0.207 e. The van der Waals surface area contributed by atoms with Crippen molar-refractivity contribution in [2.24, 2.45) is 0 Å². The van der Waals surface area contributed by atoms with E-state index in [1.54, 1.807) is 30.3 Å². The fraction of sp³-hybridized carbons (Fsp3) is 0.200. The summed E-state index contributed by atoms with van der Waals surface area (Å²) in [7, 11) is 0. The molecule has 0 saturated heterocycles. The third-order valence-corrected chi connectivity index (χ3v) is 3.69. The second kappa shape index (κ2) is 6.36. The Labute approximate surface area is 121 Å². The topological polar surface area (TPSA) is 0 Å². The molecule has 100 valence electrons. The summed E-state index contributed by atoms with van der Waals surface area (Å²) in [5.41, 5.74) is 0.943. The molecule has 0 radical (unpaired) electrons. The number of halogens is 4. The lowest BCUT2D eigenvalue weighted by Gasteiger charge is -2.16. The van der Waals surface area contributed by atoms with Gasteiger partial charge in [0.05, 0.1) is 5.02 Å². The van der Waals surface area contributed by atoms with E-state index in [0.29, 0.717) is 17.5 Å². The fourth-order valence-corrected chi connectivity index (χ4v) is 2.49. The van der Waals surface area contributed by atoms with Crippen molar-refractivity contribution in [3.05, 3.63) is 70.2 Å². The number of rotatable bonds is 4. The Kier molecular flexibility index (Phi) is 4.78. The summed E-state index contributed by atoms with van der Waals surface area (Å²) in [6.45, 7) is 0. The molecule has 0 aliphatic heterocycles. The number of hydrogen-bond acceptors (Lipinski definition) is 0. The molecular formula is C15H12Cl2F2. The van der Waals surface area contributed by atoms with Gasteiger partial charge in [0.1, 0.15) is 11.6 Å². The van der Waals surface area contributed by atoms with Gasteiger partial charge >= 0.3 is 0 Å². The molecule has 0 spiro atoms. The highest BCUT2D eigenvalue weighted by Crippen LogP contribution is 2.27. The lowest BCUT2D eigenvalue weighted by Crippen LogP contribution is -2.08. The van der Waals surface area contributed by atoms with E-state index in [0.717, 1.165) is 0 Å². The molecule has 0 fully saturated rings. The molecule has 1 atom stereocenters. The lowest BCUT2D eigenvalue weighted by atomic mass is 9.93. The summed E-state index contributed by atoms with van der Waals surface area (Å²) < 4.78 is 27.6. The van der Waals surface area contributed by atoms with Gasteiger partial charge in [-0.15, -0.1) is 11.6 Å². The maximum Gasteiger partial charge on any atom is 0.144 e. The van der Waals surface area contributed by atoms with Gasteiger partial charge in [0, 0.05) is 11.8 Å². The first-order chi connectivity index (χ1) is 9.13. The maximum atomic E-state index is 13.8. The molecule has 0 aliphatic carbocycles. The van der Waals surface area contributed by atoms with Gasteiger partial charge in [0.2, 0.25) is 0 Å². The molecule has 0 N–H and O–H groups in total. The van der Waals surface area contributed by atoms with Crippen LogP contribution in [0.3, 0.4) is 0 Å². The van der Waals surface area contributed by atoms with Crippen LogP contribution in [0.4, 0.5) is 8.78 Å². The van der Waals surface area contributed by atoms with Crippen molar-refractivity contribution in [2.45, 2.75) is 12.3 Å². The summed E-state index contributed by atoms with van der Waals surface area (Å²) in [6.07, 6.45) is 0.316. The van der Waals surface area contributed by atoms with Gasteiger partial charge in [-0.05, 0) is 29.7 Å². The van der Waals surface area contributed by atoms with Gasteiger partial charge in [-0.1, -0.05) is 41.9 Å². The van der Waals surface area contributed by atoms with Crippen LogP contribution < -0.4 is 0 Å². The molecule has 0 aliphatic rings. The maximum absolute atomic E-state index is 13.8. The van der Waals surface area contributed by atoms with E-state index in [4.69, 9.17) is 23.2 Å². The molecule has 0 bridgehead atoms. The van der Waals surface area contributed by atoms with Crippen LogP contribution in [-0.4, -0.2) is 5.88 Å². The first-order valence-electron chi connectivity index (χ1n) is 5.86. The molecule has 2 rings (SSSR count). The van der Waals surface area contributed by atoms with Crippen molar-refractivity contribution in [3.8, 4) is 0 Å². The minimum atomic E-state index is -0.462. The third kappa shape index (κ3) is 3.26. The highest BCUT2D eigenvalue weighted by atomic mass is 35.5. The second-order valence-electron chi connectivity index (χ2n) is 4.29. The molecule has 0 saturated carbocycles. The summed E-state index contributed by atoms with van der Waals surface area (Å²) in [4.78, 5) is 0. The van der Waals surface area contributed by atoms with E-state index in [2.05, 4.69) is 0 Å². The molecule has 2 aromatic rings.